The standard InChI is InChI=1S/C11H7N3O6/c15-10(16)7-8(11(17)18)13-9(12-7)5-2-1-3-6(4-5)14(19)20/h1-4H,(H,12,13)(H,15,16)(H,17,18). The van der Waals surface area contributed by atoms with Crippen LogP contribution in [-0.4, -0.2) is 37.0 Å². The molecule has 0 aliphatic rings. The lowest BCUT2D eigenvalue weighted by Crippen LogP contribution is -2.07. The molecular weight excluding hydrogens is 270 g/mol. The Bertz CT molecular complexity index is 689. The fraction of sp³-hybridized carbons (Fsp3) is 0. The number of carbonyl (C=O) groups is 2. The van der Waals surface area contributed by atoms with E-state index in [2.05, 4.69) is 9.97 Å². The van der Waals surface area contributed by atoms with Gasteiger partial charge in [-0.1, -0.05) is 12.1 Å². The summed E-state index contributed by atoms with van der Waals surface area (Å²) in [5, 5.41) is 28.4. The lowest BCUT2D eigenvalue weighted by molar-refractivity contribution is -0.384. The van der Waals surface area contributed by atoms with Gasteiger partial charge in [-0.25, -0.2) is 14.6 Å². The number of nitrogens with one attached hydrogen (secondary N) is 1. The van der Waals surface area contributed by atoms with Crippen molar-refractivity contribution in [3.05, 3.63) is 45.8 Å². The lowest BCUT2D eigenvalue weighted by atomic mass is 10.2. The van der Waals surface area contributed by atoms with Gasteiger partial charge < -0.3 is 15.2 Å². The quantitative estimate of drug-likeness (QED) is 0.564. The molecule has 1 aromatic carbocycles. The Morgan fingerprint density at radius 2 is 1.95 bits per heavy atom. The number of benzene rings is 1. The summed E-state index contributed by atoms with van der Waals surface area (Å²) in [6.07, 6.45) is 0. The van der Waals surface area contributed by atoms with E-state index in [9.17, 15) is 19.7 Å². The second kappa shape index (κ2) is 4.80. The van der Waals surface area contributed by atoms with Gasteiger partial charge in [0.25, 0.3) is 5.69 Å². The first kappa shape index (κ1) is 13.2. The number of aromatic amines is 1. The molecule has 0 spiro atoms. The number of aromatic nitrogens is 2. The average Bonchev–Trinajstić information content (AvgIpc) is 2.84. The van der Waals surface area contributed by atoms with Crippen molar-refractivity contribution in [3.63, 3.8) is 0 Å². The van der Waals surface area contributed by atoms with Gasteiger partial charge in [0.15, 0.2) is 11.4 Å². The monoisotopic (exact) mass is 277 g/mol. The molecule has 9 nitrogen and oxygen atoms in total. The van der Waals surface area contributed by atoms with Crippen molar-refractivity contribution in [2.75, 3.05) is 0 Å². The average molecular weight is 277 g/mol. The van der Waals surface area contributed by atoms with E-state index in [1.165, 1.54) is 18.2 Å². The maximum Gasteiger partial charge on any atom is 0.357 e. The highest BCUT2D eigenvalue weighted by molar-refractivity contribution is 5.99. The van der Waals surface area contributed by atoms with Crippen LogP contribution >= 0.6 is 0 Å². The zero-order chi connectivity index (χ0) is 14.9. The number of rotatable bonds is 4. The number of nitro groups is 1. The number of aromatic carboxylic acids is 2. The van der Waals surface area contributed by atoms with Crippen molar-refractivity contribution in [3.8, 4) is 11.4 Å². The third-order valence-corrected chi connectivity index (χ3v) is 2.45. The highest BCUT2D eigenvalue weighted by atomic mass is 16.6. The van der Waals surface area contributed by atoms with Gasteiger partial charge in [0.05, 0.1) is 4.92 Å². The van der Waals surface area contributed by atoms with E-state index in [0.29, 0.717) is 0 Å². The fourth-order valence-corrected chi connectivity index (χ4v) is 1.59. The van der Waals surface area contributed by atoms with Crippen LogP contribution in [0.5, 0.6) is 0 Å². The minimum atomic E-state index is -1.50. The van der Waals surface area contributed by atoms with Crippen LogP contribution in [0.4, 0.5) is 5.69 Å². The first-order chi connectivity index (χ1) is 9.40. The summed E-state index contributed by atoms with van der Waals surface area (Å²) in [7, 11) is 0. The van der Waals surface area contributed by atoms with Crippen molar-refractivity contribution in [2.24, 2.45) is 0 Å². The van der Waals surface area contributed by atoms with Crippen LogP contribution in [0.2, 0.25) is 0 Å². The first-order valence-corrected chi connectivity index (χ1v) is 5.21. The zero-order valence-corrected chi connectivity index (χ0v) is 9.73. The molecule has 0 aliphatic heterocycles. The Morgan fingerprint density at radius 3 is 2.45 bits per heavy atom. The molecule has 2 aromatic rings. The number of carboxylic acid groups (broad SMARTS) is 2. The van der Waals surface area contributed by atoms with Crippen LogP contribution < -0.4 is 0 Å². The van der Waals surface area contributed by atoms with Crippen molar-refractivity contribution in [2.45, 2.75) is 0 Å². The van der Waals surface area contributed by atoms with Crippen LogP contribution in [0.1, 0.15) is 21.0 Å². The third kappa shape index (κ3) is 2.32. The number of hydrogen-bond acceptors (Lipinski definition) is 5. The predicted molar refractivity (Wildman–Crippen MR) is 64.6 cm³/mol. The molecule has 3 N–H and O–H groups in total. The molecule has 0 bridgehead atoms. The summed E-state index contributed by atoms with van der Waals surface area (Å²) >= 11 is 0. The van der Waals surface area contributed by atoms with E-state index in [-0.39, 0.29) is 17.1 Å². The molecule has 0 fully saturated rings. The number of hydrogen-bond donors (Lipinski definition) is 3. The van der Waals surface area contributed by atoms with Gasteiger partial charge in [0, 0.05) is 17.7 Å². The molecule has 9 heteroatoms. The molecule has 0 saturated heterocycles. The molecule has 0 aliphatic carbocycles. The predicted octanol–water partition coefficient (Wildman–Crippen LogP) is 1.38. The Kier molecular flexibility index (Phi) is 3.17. The van der Waals surface area contributed by atoms with Crippen molar-refractivity contribution in [1.82, 2.24) is 9.97 Å². The molecule has 0 unspecified atom stereocenters. The number of carboxylic acids is 2. The fourth-order valence-electron chi connectivity index (χ4n) is 1.59. The highest BCUT2D eigenvalue weighted by Crippen LogP contribution is 2.22. The van der Waals surface area contributed by atoms with Crippen LogP contribution in [0.3, 0.4) is 0 Å². The van der Waals surface area contributed by atoms with E-state index in [0.717, 1.165) is 6.07 Å². The molecule has 20 heavy (non-hydrogen) atoms. The van der Waals surface area contributed by atoms with Gasteiger partial charge in [-0.3, -0.25) is 10.1 Å². The molecule has 2 rings (SSSR count). The van der Waals surface area contributed by atoms with E-state index in [1.807, 2.05) is 0 Å². The summed E-state index contributed by atoms with van der Waals surface area (Å²) in [5.74, 6) is -3.05. The Hall–Kier alpha value is -3.23. The number of nitro benzene ring substituents is 1. The zero-order valence-electron chi connectivity index (χ0n) is 9.73. The van der Waals surface area contributed by atoms with Gasteiger partial charge in [-0.05, 0) is 0 Å². The summed E-state index contributed by atoms with van der Waals surface area (Å²) in [6, 6.07) is 5.25. The molecule has 102 valence electrons. The maximum atomic E-state index is 10.9. The van der Waals surface area contributed by atoms with Gasteiger partial charge >= 0.3 is 11.9 Å². The SMILES string of the molecule is O=C(O)c1nc(-c2cccc([N+](=O)[O-])c2)[nH]c1C(=O)O. The lowest BCUT2D eigenvalue weighted by Gasteiger charge is -1.96. The number of nitrogens with zero attached hydrogens (tertiary/aromatic N) is 2. The summed E-state index contributed by atoms with van der Waals surface area (Å²) in [4.78, 5) is 37.8. The molecule has 0 radical (unpaired) electrons. The second-order valence-corrected chi connectivity index (χ2v) is 3.73. The number of H-pyrrole nitrogens is 1. The Morgan fingerprint density at radius 1 is 1.25 bits per heavy atom. The largest absolute Gasteiger partial charge is 0.477 e. The molecule has 1 aromatic heterocycles. The Labute approximate surface area is 110 Å². The molecule has 0 saturated carbocycles. The number of imidazole rings is 1. The van der Waals surface area contributed by atoms with E-state index in [4.69, 9.17) is 10.2 Å². The van der Waals surface area contributed by atoms with Gasteiger partial charge in [-0.2, -0.15) is 0 Å². The van der Waals surface area contributed by atoms with E-state index >= 15 is 0 Å². The minimum Gasteiger partial charge on any atom is -0.477 e. The van der Waals surface area contributed by atoms with Gasteiger partial charge in [0.1, 0.15) is 5.82 Å². The molecule has 1 heterocycles. The van der Waals surface area contributed by atoms with E-state index < -0.39 is 28.2 Å². The van der Waals surface area contributed by atoms with Crippen LogP contribution in [0.15, 0.2) is 24.3 Å². The smallest absolute Gasteiger partial charge is 0.357 e. The van der Waals surface area contributed by atoms with Crippen LogP contribution in [0.25, 0.3) is 11.4 Å². The molecule has 0 amide bonds. The maximum absolute atomic E-state index is 10.9. The van der Waals surface area contributed by atoms with Crippen LogP contribution in [-0.2, 0) is 0 Å². The second-order valence-electron chi connectivity index (χ2n) is 3.73. The van der Waals surface area contributed by atoms with E-state index in [1.54, 1.807) is 0 Å². The van der Waals surface area contributed by atoms with Crippen molar-refractivity contribution >= 4 is 17.6 Å². The normalized spacial score (nSPS) is 10.2. The minimum absolute atomic E-state index is 0.0662. The Balaban J connectivity index is 2.56. The van der Waals surface area contributed by atoms with Gasteiger partial charge in [0.2, 0.25) is 0 Å². The van der Waals surface area contributed by atoms with Crippen molar-refractivity contribution in [1.29, 1.82) is 0 Å². The summed E-state index contributed by atoms with van der Waals surface area (Å²) in [5.41, 5.74) is -1.24. The van der Waals surface area contributed by atoms with Gasteiger partial charge in [-0.15, -0.1) is 0 Å². The molecule has 0 atom stereocenters. The summed E-state index contributed by atoms with van der Waals surface area (Å²) in [6.45, 7) is 0. The highest BCUT2D eigenvalue weighted by Gasteiger charge is 2.22. The third-order valence-electron chi connectivity index (χ3n) is 2.45. The molecular formula is C11H7N3O6. The number of non-ortho nitro benzene ring substituents is 1. The summed E-state index contributed by atoms with van der Waals surface area (Å²) < 4.78 is 0. The van der Waals surface area contributed by atoms with Crippen molar-refractivity contribution < 1.29 is 24.7 Å². The topological polar surface area (TPSA) is 146 Å². The van der Waals surface area contributed by atoms with Crippen LogP contribution in [0, 0.1) is 10.1 Å². The first-order valence-electron chi connectivity index (χ1n) is 5.21.